The average molecular weight is 334 g/mol. The molecular weight excluding hydrogens is 319 g/mol. The number of pyridine rings is 1. The van der Waals surface area contributed by atoms with E-state index in [1.165, 1.54) is 6.08 Å². The zero-order valence-electron chi connectivity index (χ0n) is 11.9. The molecule has 1 aromatic heterocycles. The highest BCUT2D eigenvalue weighted by molar-refractivity contribution is 6.33. The van der Waals surface area contributed by atoms with Crippen LogP contribution in [0.3, 0.4) is 0 Å². The summed E-state index contributed by atoms with van der Waals surface area (Å²) in [5.74, 6) is -0.566. The number of hydrogen-bond donors (Lipinski definition) is 1. The summed E-state index contributed by atoms with van der Waals surface area (Å²) < 4.78 is 37.5. The summed E-state index contributed by atoms with van der Waals surface area (Å²) in [4.78, 5) is 17.5. The van der Waals surface area contributed by atoms with Gasteiger partial charge in [0.05, 0.1) is 10.6 Å². The molecule has 1 fully saturated rings. The fraction of sp³-hybridized carbons (Fsp3) is 0.429. The number of alkyl halides is 3. The summed E-state index contributed by atoms with van der Waals surface area (Å²) in [6.45, 7) is 3.61. The number of halogens is 4. The summed E-state index contributed by atoms with van der Waals surface area (Å²) in [6.07, 6.45) is -0.330. The van der Waals surface area contributed by atoms with E-state index in [1.807, 2.05) is 6.92 Å². The highest BCUT2D eigenvalue weighted by Gasteiger charge is 2.31. The molecule has 8 heteroatoms. The molecule has 0 aromatic carbocycles. The Kier molecular flexibility index (Phi) is 4.95. The van der Waals surface area contributed by atoms with E-state index >= 15 is 0 Å². The minimum Gasteiger partial charge on any atom is -0.375 e. The molecule has 2 rings (SSSR count). The number of nitrogens with one attached hydrogen (secondary N) is 1. The van der Waals surface area contributed by atoms with Crippen LogP contribution in [0.15, 0.2) is 24.0 Å². The van der Waals surface area contributed by atoms with Crippen LogP contribution in [0, 0.1) is 0 Å². The van der Waals surface area contributed by atoms with E-state index in [2.05, 4.69) is 15.2 Å². The third-order valence-corrected chi connectivity index (χ3v) is 3.64. The van der Waals surface area contributed by atoms with E-state index in [9.17, 15) is 18.0 Å². The molecule has 0 atom stereocenters. The normalized spacial score (nSPS) is 16.0. The van der Waals surface area contributed by atoms with Gasteiger partial charge in [-0.15, -0.1) is 0 Å². The van der Waals surface area contributed by atoms with Crippen LogP contribution in [0.2, 0.25) is 5.02 Å². The van der Waals surface area contributed by atoms with E-state index in [4.69, 9.17) is 11.6 Å². The van der Waals surface area contributed by atoms with Crippen LogP contribution in [0.25, 0.3) is 0 Å². The zero-order chi connectivity index (χ0) is 16.3. The van der Waals surface area contributed by atoms with Gasteiger partial charge in [0.15, 0.2) is 5.82 Å². The Hall–Kier alpha value is -1.76. The van der Waals surface area contributed by atoms with Gasteiger partial charge in [0, 0.05) is 31.1 Å². The molecule has 4 nitrogen and oxygen atoms in total. The second-order valence-electron chi connectivity index (χ2n) is 5.02. The van der Waals surface area contributed by atoms with Crippen LogP contribution in [0.4, 0.5) is 19.0 Å². The van der Waals surface area contributed by atoms with Gasteiger partial charge in [-0.3, -0.25) is 4.79 Å². The zero-order valence-corrected chi connectivity index (χ0v) is 12.6. The highest BCUT2D eigenvalue weighted by atomic mass is 35.5. The average Bonchev–Trinajstić information content (AvgIpc) is 2.93. The van der Waals surface area contributed by atoms with Gasteiger partial charge in [-0.05, 0) is 25.8 Å². The molecule has 22 heavy (non-hydrogen) atoms. The van der Waals surface area contributed by atoms with Gasteiger partial charge in [0.25, 0.3) is 5.91 Å². The van der Waals surface area contributed by atoms with Gasteiger partial charge in [-0.2, -0.15) is 13.2 Å². The Balaban J connectivity index is 2.07. The van der Waals surface area contributed by atoms with Crippen LogP contribution in [0.1, 0.15) is 25.3 Å². The summed E-state index contributed by atoms with van der Waals surface area (Å²) in [6, 6.07) is 0.737. The first-order valence-electron chi connectivity index (χ1n) is 6.74. The maximum Gasteiger partial charge on any atom is 0.417 e. The van der Waals surface area contributed by atoms with Crippen molar-refractivity contribution in [2.24, 2.45) is 0 Å². The lowest BCUT2D eigenvalue weighted by atomic mass is 10.2. The van der Waals surface area contributed by atoms with Crippen molar-refractivity contribution in [3.63, 3.8) is 0 Å². The van der Waals surface area contributed by atoms with Crippen molar-refractivity contribution < 1.29 is 18.0 Å². The van der Waals surface area contributed by atoms with Gasteiger partial charge in [0.1, 0.15) is 0 Å². The largest absolute Gasteiger partial charge is 0.417 e. The quantitative estimate of drug-likeness (QED) is 0.858. The Morgan fingerprint density at radius 3 is 2.59 bits per heavy atom. The SMILES string of the molecule is C/C(=C\C(=O)Nc1ncc(C(F)(F)F)cc1Cl)N1CCCC1. The molecular formula is C14H15ClF3N3O. The van der Waals surface area contributed by atoms with E-state index in [-0.39, 0.29) is 10.8 Å². The molecule has 2 heterocycles. The van der Waals surface area contributed by atoms with E-state index < -0.39 is 17.6 Å². The van der Waals surface area contributed by atoms with Crippen LogP contribution in [0.5, 0.6) is 0 Å². The molecule has 1 aromatic rings. The van der Waals surface area contributed by atoms with E-state index in [0.717, 1.165) is 37.7 Å². The predicted molar refractivity (Wildman–Crippen MR) is 77.4 cm³/mol. The maximum absolute atomic E-state index is 12.5. The molecule has 1 N–H and O–H groups in total. The number of allylic oxidation sites excluding steroid dienone is 1. The van der Waals surface area contributed by atoms with Crippen LogP contribution < -0.4 is 5.32 Å². The number of carbonyl (C=O) groups is 1. The fourth-order valence-corrected chi connectivity index (χ4v) is 2.40. The summed E-state index contributed by atoms with van der Waals surface area (Å²) in [7, 11) is 0. The lowest BCUT2D eigenvalue weighted by Gasteiger charge is -2.17. The van der Waals surface area contributed by atoms with Gasteiger partial charge in [-0.1, -0.05) is 11.6 Å². The molecule has 0 aliphatic carbocycles. The first-order valence-corrected chi connectivity index (χ1v) is 7.12. The first kappa shape index (κ1) is 16.6. The monoisotopic (exact) mass is 333 g/mol. The Morgan fingerprint density at radius 2 is 2.05 bits per heavy atom. The molecule has 1 amide bonds. The summed E-state index contributed by atoms with van der Waals surface area (Å²) >= 11 is 5.73. The summed E-state index contributed by atoms with van der Waals surface area (Å²) in [5, 5.41) is 2.14. The summed E-state index contributed by atoms with van der Waals surface area (Å²) in [5.41, 5.74) is -0.155. The molecule has 1 aliphatic heterocycles. The fourth-order valence-electron chi connectivity index (χ4n) is 2.19. The smallest absolute Gasteiger partial charge is 0.375 e. The van der Waals surface area contributed by atoms with Gasteiger partial charge in [0.2, 0.25) is 0 Å². The van der Waals surface area contributed by atoms with Gasteiger partial charge in [-0.25, -0.2) is 4.98 Å². The van der Waals surface area contributed by atoms with Crippen LogP contribution >= 0.6 is 11.6 Å². The van der Waals surface area contributed by atoms with E-state index in [0.29, 0.717) is 6.20 Å². The second kappa shape index (κ2) is 6.56. The van der Waals surface area contributed by atoms with Crippen LogP contribution in [-0.4, -0.2) is 28.9 Å². The molecule has 0 radical (unpaired) electrons. The lowest BCUT2D eigenvalue weighted by Crippen LogP contribution is -2.19. The Bertz CT molecular complexity index is 595. The number of amides is 1. The number of carbonyl (C=O) groups excluding carboxylic acids is 1. The van der Waals surface area contributed by atoms with Crippen molar-refractivity contribution in [1.82, 2.24) is 9.88 Å². The first-order chi connectivity index (χ1) is 10.3. The molecule has 0 spiro atoms. The minimum absolute atomic E-state index is 0.0925. The van der Waals surface area contributed by atoms with Crippen molar-refractivity contribution in [2.45, 2.75) is 25.9 Å². The van der Waals surface area contributed by atoms with E-state index in [1.54, 1.807) is 0 Å². The highest BCUT2D eigenvalue weighted by Crippen LogP contribution is 2.32. The number of hydrogen-bond acceptors (Lipinski definition) is 3. The third-order valence-electron chi connectivity index (χ3n) is 3.35. The molecule has 0 saturated carbocycles. The second-order valence-corrected chi connectivity index (χ2v) is 5.43. The molecule has 1 aliphatic rings. The Labute approximate surface area is 131 Å². The number of likely N-dealkylation sites (tertiary alicyclic amines) is 1. The van der Waals surface area contributed by atoms with Crippen molar-refractivity contribution in [1.29, 1.82) is 0 Å². The predicted octanol–water partition coefficient (Wildman–Crippen LogP) is 3.69. The molecule has 0 unspecified atom stereocenters. The third kappa shape index (κ3) is 4.13. The lowest BCUT2D eigenvalue weighted by molar-refractivity contribution is -0.137. The molecule has 120 valence electrons. The van der Waals surface area contributed by atoms with Gasteiger partial charge < -0.3 is 10.2 Å². The Morgan fingerprint density at radius 1 is 1.41 bits per heavy atom. The van der Waals surface area contributed by atoms with Crippen molar-refractivity contribution >= 4 is 23.3 Å². The molecule has 1 saturated heterocycles. The van der Waals surface area contributed by atoms with Gasteiger partial charge >= 0.3 is 6.18 Å². The number of aromatic nitrogens is 1. The maximum atomic E-state index is 12.5. The molecule has 0 bridgehead atoms. The van der Waals surface area contributed by atoms with Crippen molar-refractivity contribution in [3.05, 3.63) is 34.6 Å². The number of rotatable bonds is 3. The number of nitrogens with zero attached hydrogens (tertiary/aromatic N) is 2. The van der Waals surface area contributed by atoms with Crippen LogP contribution in [-0.2, 0) is 11.0 Å². The topological polar surface area (TPSA) is 45.2 Å². The minimum atomic E-state index is -4.52. The number of anilines is 1. The van der Waals surface area contributed by atoms with Crippen molar-refractivity contribution in [3.8, 4) is 0 Å². The van der Waals surface area contributed by atoms with Crippen molar-refractivity contribution in [2.75, 3.05) is 18.4 Å². The standard InChI is InChI=1S/C14H15ClF3N3O/c1-9(21-4-2-3-5-21)6-12(22)20-13-11(15)7-10(8-19-13)14(16,17)18/h6-8H,2-5H2,1H3,(H,19,20,22)/b9-6+.